The third-order valence-electron chi connectivity index (χ3n) is 3.09. The first-order valence-corrected chi connectivity index (χ1v) is 7.88. The summed E-state index contributed by atoms with van der Waals surface area (Å²) in [5.74, 6) is -0.0612. The van der Waals surface area contributed by atoms with Gasteiger partial charge in [-0.25, -0.2) is 4.98 Å². The summed E-state index contributed by atoms with van der Waals surface area (Å²) in [4.78, 5) is 20.8. The van der Waals surface area contributed by atoms with Crippen molar-refractivity contribution in [3.8, 4) is 0 Å². The van der Waals surface area contributed by atoms with Crippen molar-refractivity contribution in [1.29, 1.82) is 0 Å². The summed E-state index contributed by atoms with van der Waals surface area (Å²) in [5.41, 5.74) is 1.97. The minimum absolute atomic E-state index is 0.0612. The number of aromatic nitrogens is 2. The molecule has 2 heterocycles. The van der Waals surface area contributed by atoms with Crippen molar-refractivity contribution in [2.45, 2.75) is 23.8 Å². The number of fused-ring (bicyclic) bond motifs is 1. The lowest BCUT2D eigenvalue weighted by atomic mass is 10.3. The van der Waals surface area contributed by atoms with Crippen LogP contribution >= 0.6 is 11.8 Å². The monoisotopic (exact) mass is 313 g/mol. The zero-order chi connectivity index (χ0) is 15.4. The Hall–Kier alpha value is -2.34. The molecule has 0 radical (unpaired) electrons. The summed E-state index contributed by atoms with van der Waals surface area (Å²) in [6, 6.07) is 13.0. The average Bonchev–Trinajstić information content (AvgIpc) is 2.96. The molecule has 22 heavy (non-hydrogen) atoms. The topological polar surface area (TPSA) is 68.0 Å². The van der Waals surface area contributed by atoms with E-state index in [2.05, 4.69) is 15.3 Å². The largest absolute Gasteiger partial charge is 0.430 e. The highest BCUT2D eigenvalue weighted by molar-refractivity contribution is 8.00. The molecule has 0 saturated heterocycles. The molecule has 0 saturated carbocycles. The van der Waals surface area contributed by atoms with Gasteiger partial charge in [-0.15, -0.1) is 0 Å². The molecule has 2 aromatic heterocycles. The van der Waals surface area contributed by atoms with Gasteiger partial charge in [-0.05, 0) is 30.7 Å². The van der Waals surface area contributed by atoms with Crippen molar-refractivity contribution < 1.29 is 9.21 Å². The van der Waals surface area contributed by atoms with E-state index < -0.39 is 0 Å². The molecular formula is C16H15N3O2S. The molecule has 0 unspecified atom stereocenters. The lowest BCUT2D eigenvalue weighted by molar-refractivity contribution is -0.115. The molecule has 1 atom stereocenters. The van der Waals surface area contributed by atoms with Gasteiger partial charge in [-0.2, -0.15) is 4.98 Å². The van der Waals surface area contributed by atoms with Crippen LogP contribution in [0.25, 0.3) is 11.2 Å². The maximum absolute atomic E-state index is 12.3. The number of para-hydroxylation sites is 1. The number of nitrogens with zero attached hydrogens (tertiary/aromatic N) is 2. The number of oxazole rings is 1. The molecule has 1 aromatic carbocycles. The van der Waals surface area contributed by atoms with E-state index in [4.69, 9.17) is 4.42 Å². The first-order chi connectivity index (χ1) is 10.8. The van der Waals surface area contributed by atoms with Gasteiger partial charge in [0.2, 0.25) is 5.91 Å². The summed E-state index contributed by atoms with van der Waals surface area (Å²) in [6.45, 7) is 1.96. The number of rotatable bonds is 5. The number of anilines is 1. The molecule has 0 aliphatic carbocycles. The van der Waals surface area contributed by atoms with Crippen molar-refractivity contribution in [3.63, 3.8) is 0 Å². The summed E-state index contributed by atoms with van der Waals surface area (Å²) < 4.78 is 5.61. The summed E-state index contributed by atoms with van der Waals surface area (Å²) in [5, 5.41) is 3.09. The molecular weight excluding hydrogens is 298 g/mol. The van der Waals surface area contributed by atoms with Gasteiger partial charge >= 0.3 is 0 Å². The van der Waals surface area contributed by atoms with E-state index in [1.807, 2.05) is 43.3 Å². The van der Waals surface area contributed by atoms with Crippen LogP contribution in [-0.4, -0.2) is 21.1 Å². The molecule has 112 valence electrons. The number of benzene rings is 1. The average molecular weight is 313 g/mol. The number of carbonyl (C=O) groups is 1. The Morgan fingerprint density at radius 3 is 2.82 bits per heavy atom. The second kappa shape index (κ2) is 6.62. The molecule has 0 aliphatic heterocycles. The van der Waals surface area contributed by atoms with E-state index in [9.17, 15) is 4.79 Å². The lowest BCUT2D eigenvalue weighted by Gasteiger charge is -2.12. The van der Waals surface area contributed by atoms with Crippen molar-refractivity contribution >= 4 is 34.6 Å². The predicted molar refractivity (Wildman–Crippen MR) is 86.8 cm³/mol. The number of nitrogens with one attached hydrogen (secondary N) is 1. The second-order valence-corrected chi connectivity index (χ2v) is 5.83. The van der Waals surface area contributed by atoms with Crippen LogP contribution in [0.5, 0.6) is 0 Å². The van der Waals surface area contributed by atoms with E-state index in [0.29, 0.717) is 22.9 Å². The number of carbonyl (C=O) groups excluding carboxylic acids is 1. The van der Waals surface area contributed by atoms with Gasteiger partial charge in [0.25, 0.3) is 5.22 Å². The number of thioether (sulfide) groups is 1. The maximum Gasteiger partial charge on any atom is 0.259 e. The molecule has 6 heteroatoms. The Kier molecular flexibility index (Phi) is 4.39. The maximum atomic E-state index is 12.3. The Labute approximate surface area is 132 Å². The predicted octanol–water partition coefficient (Wildman–Crippen LogP) is 3.73. The number of hydrogen-bond acceptors (Lipinski definition) is 5. The zero-order valence-corrected chi connectivity index (χ0v) is 12.8. The van der Waals surface area contributed by atoms with Gasteiger partial charge < -0.3 is 9.73 Å². The zero-order valence-electron chi connectivity index (χ0n) is 12.0. The molecule has 1 N–H and O–H groups in total. The van der Waals surface area contributed by atoms with E-state index in [-0.39, 0.29) is 11.2 Å². The van der Waals surface area contributed by atoms with Crippen LogP contribution in [0.4, 0.5) is 5.69 Å². The first kappa shape index (κ1) is 14.6. The second-order valence-electron chi connectivity index (χ2n) is 4.67. The molecule has 3 aromatic rings. The lowest BCUT2D eigenvalue weighted by Crippen LogP contribution is -2.24. The summed E-state index contributed by atoms with van der Waals surface area (Å²) in [6.07, 6.45) is 2.34. The SMILES string of the molecule is CC[C@@H](Sc1nc2ncccc2o1)C(=O)Nc1ccccc1. The van der Waals surface area contributed by atoms with Crippen molar-refractivity contribution in [2.75, 3.05) is 5.32 Å². The van der Waals surface area contributed by atoms with Crippen LogP contribution in [-0.2, 0) is 4.79 Å². The fraction of sp³-hybridized carbons (Fsp3) is 0.188. The Bertz CT molecular complexity index is 740. The molecule has 0 bridgehead atoms. The summed E-state index contributed by atoms with van der Waals surface area (Å²) >= 11 is 1.31. The first-order valence-electron chi connectivity index (χ1n) is 7.00. The van der Waals surface area contributed by atoms with Gasteiger partial charge in [0.15, 0.2) is 11.2 Å². The van der Waals surface area contributed by atoms with Gasteiger partial charge in [-0.3, -0.25) is 4.79 Å². The summed E-state index contributed by atoms with van der Waals surface area (Å²) in [7, 11) is 0. The van der Waals surface area contributed by atoms with Crippen LogP contribution in [0, 0.1) is 0 Å². The van der Waals surface area contributed by atoms with Crippen LogP contribution in [0.15, 0.2) is 58.3 Å². The fourth-order valence-corrected chi connectivity index (χ4v) is 2.84. The standard InChI is InChI=1S/C16H15N3O2S/c1-2-13(15(20)18-11-7-4-3-5-8-11)22-16-19-14-12(21-16)9-6-10-17-14/h3-10,13H,2H2,1H3,(H,18,20)/t13-/m1/s1. The van der Waals surface area contributed by atoms with Gasteiger partial charge in [0.1, 0.15) is 0 Å². The van der Waals surface area contributed by atoms with Crippen LogP contribution < -0.4 is 5.32 Å². The van der Waals surface area contributed by atoms with Crippen molar-refractivity contribution in [1.82, 2.24) is 9.97 Å². The Balaban J connectivity index is 1.72. The normalized spacial score (nSPS) is 12.2. The fourth-order valence-electron chi connectivity index (χ4n) is 1.99. The molecule has 0 aliphatic rings. The Morgan fingerprint density at radius 1 is 1.27 bits per heavy atom. The minimum atomic E-state index is -0.270. The highest BCUT2D eigenvalue weighted by Crippen LogP contribution is 2.28. The van der Waals surface area contributed by atoms with E-state index in [1.165, 1.54) is 11.8 Å². The van der Waals surface area contributed by atoms with Gasteiger partial charge in [0, 0.05) is 11.9 Å². The van der Waals surface area contributed by atoms with Crippen molar-refractivity contribution in [2.24, 2.45) is 0 Å². The Morgan fingerprint density at radius 2 is 2.09 bits per heavy atom. The van der Waals surface area contributed by atoms with Gasteiger partial charge in [-0.1, -0.05) is 36.9 Å². The highest BCUT2D eigenvalue weighted by Gasteiger charge is 2.21. The molecule has 1 amide bonds. The van der Waals surface area contributed by atoms with Crippen LogP contribution in [0.2, 0.25) is 0 Å². The minimum Gasteiger partial charge on any atom is -0.430 e. The third kappa shape index (κ3) is 3.28. The van der Waals surface area contributed by atoms with Crippen molar-refractivity contribution in [3.05, 3.63) is 48.7 Å². The number of hydrogen-bond donors (Lipinski definition) is 1. The molecule has 0 spiro atoms. The number of amides is 1. The third-order valence-corrected chi connectivity index (χ3v) is 4.30. The highest BCUT2D eigenvalue weighted by atomic mass is 32.2. The van der Waals surface area contributed by atoms with E-state index in [0.717, 1.165) is 5.69 Å². The quantitative estimate of drug-likeness (QED) is 0.727. The van der Waals surface area contributed by atoms with Crippen LogP contribution in [0.1, 0.15) is 13.3 Å². The molecule has 5 nitrogen and oxygen atoms in total. The number of pyridine rings is 1. The van der Waals surface area contributed by atoms with Gasteiger partial charge in [0.05, 0.1) is 5.25 Å². The van der Waals surface area contributed by atoms with Crippen LogP contribution in [0.3, 0.4) is 0 Å². The molecule has 0 fully saturated rings. The molecule has 3 rings (SSSR count). The van der Waals surface area contributed by atoms with E-state index >= 15 is 0 Å². The smallest absolute Gasteiger partial charge is 0.259 e. The van der Waals surface area contributed by atoms with E-state index in [1.54, 1.807) is 12.3 Å².